The van der Waals surface area contributed by atoms with E-state index in [4.69, 9.17) is 9.47 Å². The van der Waals surface area contributed by atoms with Gasteiger partial charge in [-0.05, 0) is 105 Å². The van der Waals surface area contributed by atoms with Gasteiger partial charge in [0.25, 0.3) is 0 Å². The molecule has 4 fully saturated rings. The van der Waals surface area contributed by atoms with E-state index in [2.05, 4.69) is 26.9 Å². The standard InChI is InChI=1S/C40H43N3O6/c44-25-7-6-22-14-28-40(47)32-23-16-39(46)27-13-21-5-8-26(45)35-31(21)38(39,10-12-42(27)17-19-1-2-19)36(49-35)33(23)41-24(32)15-29-37(40,30(22)34(25)48-29)9-11-43(28)18-20-3-4-20/h5-8,19-20,27-29,36,41,44-47H,1-4,9-18H2/t27-,28-,29+,36+,37-,38+,39-,40+/m1/s1. The summed E-state index contributed by atoms with van der Waals surface area (Å²) in [5.41, 5.74) is 4.54. The average Bonchev–Trinajstić information content (AvgIpc) is 3.97. The van der Waals surface area contributed by atoms with Crippen LogP contribution in [-0.4, -0.2) is 85.2 Å². The zero-order valence-electron chi connectivity index (χ0n) is 27.7. The highest BCUT2D eigenvalue weighted by Gasteiger charge is 2.77. The number of nitrogens with zero attached hydrogens (tertiary/aromatic N) is 2. The molecular weight excluding hydrogens is 618 g/mol. The van der Waals surface area contributed by atoms with Crippen molar-refractivity contribution in [3.63, 3.8) is 0 Å². The SMILES string of the molecule is Oc1ccc2c3c1O[C@H]1c4[nH]c5c(c4C[C@@]4(O)[C@@H](C2)N(CC2CC2)CC[C@]314)[C@@]1(O)[C@H]2Cc3ccc(O)c4c3[C@@]1(CCN2CC1CC1)[C@H](C5)O4. The summed E-state index contributed by atoms with van der Waals surface area (Å²) in [6.45, 7) is 3.80. The summed E-state index contributed by atoms with van der Waals surface area (Å²) in [4.78, 5) is 9.02. The minimum Gasteiger partial charge on any atom is -0.504 e. The van der Waals surface area contributed by atoms with Crippen LogP contribution in [0.1, 0.15) is 89.4 Å². The fourth-order valence-electron chi connectivity index (χ4n) is 13.4. The largest absolute Gasteiger partial charge is 0.504 e. The van der Waals surface area contributed by atoms with Gasteiger partial charge in [0.15, 0.2) is 29.1 Å². The summed E-state index contributed by atoms with van der Waals surface area (Å²) in [7, 11) is 0. The Morgan fingerprint density at radius 3 is 2.04 bits per heavy atom. The number of fused-ring (bicyclic) bond motifs is 4. The van der Waals surface area contributed by atoms with E-state index in [9.17, 15) is 20.4 Å². The summed E-state index contributed by atoms with van der Waals surface area (Å²) < 4.78 is 13.7. The highest BCUT2D eigenvalue weighted by atomic mass is 16.5. The fraction of sp³-hybridized carbons (Fsp3) is 0.600. The van der Waals surface area contributed by atoms with Crippen molar-refractivity contribution >= 4 is 0 Å². The highest BCUT2D eigenvalue weighted by molar-refractivity contribution is 5.69. The van der Waals surface area contributed by atoms with Gasteiger partial charge in [-0.15, -0.1) is 0 Å². The number of aliphatic hydroxyl groups is 2. The second-order valence-electron chi connectivity index (χ2n) is 17.7. The van der Waals surface area contributed by atoms with Crippen molar-refractivity contribution in [1.29, 1.82) is 0 Å². The quantitative estimate of drug-likeness (QED) is 0.288. The number of piperidine rings is 2. The Hall–Kier alpha value is -3.24. The summed E-state index contributed by atoms with van der Waals surface area (Å²) in [5, 5.41) is 50.0. The van der Waals surface area contributed by atoms with Gasteiger partial charge in [-0.2, -0.15) is 0 Å². The lowest BCUT2D eigenvalue weighted by atomic mass is 9.46. The van der Waals surface area contributed by atoms with Gasteiger partial charge in [-0.25, -0.2) is 0 Å². The molecule has 254 valence electrons. The predicted molar refractivity (Wildman–Crippen MR) is 177 cm³/mol. The number of rotatable bonds is 4. The molecule has 2 saturated heterocycles. The van der Waals surface area contributed by atoms with Crippen LogP contribution in [0, 0.1) is 11.8 Å². The van der Waals surface area contributed by atoms with Crippen molar-refractivity contribution in [2.24, 2.45) is 11.8 Å². The number of benzene rings is 2. The Morgan fingerprint density at radius 2 is 1.35 bits per heavy atom. The first-order valence-corrected chi connectivity index (χ1v) is 19.0. The van der Waals surface area contributed by atoms with E-state index >= 15 is 0 Å². The molecule has 4 bridgehead atoms. The first-order chi connectivity index (χ1) is 23.8. The van der Waals surface area contributed by atoms with E-state index in [1.165, 1.54) is 36.8 Å². The second kappa shape index (κ2) is 8.28. The van der Waals surface area contributed by atoms with Crippen molar-refractivity contribution in [1.82, 2.24) is 14.8 Å². The van der Waals surface area contributed by atoms with Crippen LogP contribution in [0.25, 0.3) is 0 Å². The number of phenols is 2. The summed E-state index contributed by atoms with van der Waals surface area (Å²) in [6.07, 6.45) is 8.19. The Balaban J connectivity index is 1.06. The van der Waals surface area contributed by atoms with Crippen LogP contribution in [0.15, 0.2) is 24.3 Å². The van der Waals surface area contributed by atoms with E-state index < -0.39 is 28.1 Å². The third kappa shape index (κ3) is 2.84. The second-order valence-corrected chi connectivity index (χ2v) is 17.7. The van der Waals surface area contributed by atoms with Gasteiger partial charge in [0.2, 0.25) is 0 Å². The monoisotopic (exact) mass is 661 g/mol. The lowest BCUT2D eigenvalue weighted by Crippen LogP contribution is -2.75. The predicted octanol–water partition coefficient (Wildman–Crippen LogP) is 3.61. The van der Waals surface area contributed by atoms with E-state index in [1.54, 1.807) is 12.1 Å². The molecule has 2 aromatic carbocycles. The van der Waals surface area contributed by atoms with Gasteiger partial charge in [0.1, 0.15) is 11.7 Å². The minimum atomic E-state index is -1.27. The van der Waals surface area contributed by atoms with Crippen LogP contribution in [0.3, 0.4) is 0 Å². The van der Waals surface area contributed by atoms with E-state index in [0.717, 1.165) is 79.1 Å². The number of hydrogen-bond acceptors (Lipinski definition) is 8. The number of aromatic nitrogens is 1. The van der Waals surface area contributed by atoms with Crippen LogP contribution in [0.4, 0.5) is 0 Å². The Morgan fingerprint density at radius 1 is 0.735 bits per heavy atom. The molecule has 2 spiro atoms. The van der Waals surface area contributed by atoms with Crippen LogP contribution in [-0.2, 0) is 42.1 Å². The molecule has 10 aliphatic rings. The van der Waals surface area contributed by atoms with Gasteiger partial charge in [0, 0.05) is 60.4 Å². The number of aromatic amines is 1. The van der Waals surface area contributed by atoms with Gasteiger partial charge >= 0.3 is 0 Å². The summed E-state index contributed by atoms with van der Waals surface area (Å²) >= 11 is 0. The van der Waals surface area contributed by atoms with Gasteiger partial charge < -0.3 is 34.9 Å². The molecular formula is C40H43N3O6. The van der Waals surface area contributed by atoms with Gasteiger partial charge in [-0.1, -0.05) is 12.1 Å². The number of nitrogens with one attached hydrogen (secondary N) is 1. The van der Waals surface area contributed by atoms with Crippen LogP contribution < -0.4 is 9.47 Å². The van der Waals surface area contributed by atoms with Crippen LogP contribution >= 0.6 is 0 Å². The Bertz CT molecular complexity index is 2050. The number of phenolic OH excluding ortho intramolecular Hbond substituents is 2. The molecule has 9 heteroatoms. The molecule has 1 aromatic heterocycles. The molecule has 13 rings (SSSR count). The van der Waals surface area contributed by atoms with Crippen molar-refractivity contribution in [2.75, 3.05) is 26.2 Å². The average molecular weight is 662 g/mol. The molecule has 0 unspecified atom stereocenters. The van der Waals surface area contributed by atoms with Crippen molar-refractivity contribution in [3.05, 3.63) is 69.0 Å². The summed E-state index contributed by atoms with van der Waals surface area (Å²) in [6, 6.07) is 7.46. The zero-order valence-corrected chi connectivity index (χ0v) is 27.7. The van der Waals surface area contributed by atoms with E-state index in [-0.39, 0.29) is 29.7 Å². The molecule has 9 nitrogen and oxygen atoms in total. The molecule has 5 heterocycles. The molecule has 0 amide bonds. The van der Waals surface area contributed by atoms with Crippen LogP contribution in [0.2, 0.25) is 0 Å². The lowest BCUT2D eigenvalue weighted by Gasteiger charge is -2.64. The molecule has 8 atom stereocenters. The first kappa shape index (κ1) is 27.5. The highest BCUT2D eigenvalue weighted by Crippen LogP contribution is 2.72. The Labute approximate surface area is 284 Å². The molecule has 3 aromatic rings. The van der Waals surface area contributed by atoms with E-state index in [0.29, 0.717) is 42.6 Å². The third-order valence-electron chi connectivity index (χ3n) is 15.7. The lowest BCUT2D eigenvalue weighted by molar-refractivity contribution is -0.184. The topological polar surface area (TPSA) is 122 Å². The zero-order chi connectivity index (χ0) is 32.4. The summed E-state index contributed by atoms with van der Waals surface area (Å²) in [5.74, 6) is 2.77. The molecule has 0 radical (unpaired) electrons. The number of aromatic hydroxyl groups is 2. The maximum atomic E-state index is 14.0. The van der Waals surface area contributed by atoms with Crippen LogP contribution in [0.5, 0.6) is 23.0 Å². The molecule has 6 aliphatic carbocycles. The fourth-order valence-corrected chi connectivity index (χ4v) is 13.4. The molecule has 2 saturated carbocycles. The normalized spacial score (nSPS) is 41.3. The van der Waals surface area contributed by atoms with Gasteiger partial charge in [0.05, 0.1) is 22.1 Å². The number of hydrogen-bond donors (Lipinski definition) is 5. The van der Waals surface area contributed by atoms with Crippen molar-refractivity contribution < 1.29 is 29.9 Å². The smallest absolute Gasteiger partial charge is 0.166 e. The maximum absolute atomic E-state index is 14.0. The first-order valence-electron chi connectivity index (χ1n) is 19.0. The Kier molecular flexibility index (Phi) is 4.64. The molecule has 4 aliphatic heterocycles. The van der Waals surface area contributed by atoms with Gasteiger partial charge in [-0.3, -0.25) is 9.80 Å². The van der Waals surface area contributed by atoms with Crippen molar-refractivity contribution in [3.8, 4) is 23.0 Å². The third-order valence-corrected chi connectivity index (χ3v) is 15.7. The number of likely N-dealkylation sites (tertiary alicyclic amines) is 2. The molecule has 5 N–H and O–H groups in total. The minimum absolute atomic E-state index is 0.0740. The molecule has 49 heavy (non-hydrogen) atoms. The number of ether oxygens (including phenoxy) is 2. The van der Waals surface area contributed by atoms with Crippen molar-refractivity contribution in [2.45, 2.75) is 111 Å². The number of H-pyrrole nitrogens is 1. The maximum Gasteiger partial charge on any atom is 0.166 e. The van der Waals surface area contributed by atoms with E-state index in [1.807, 2.05) is 0 Å².